The van der Waals surface area contributed by atoms with E-state index < -0.39 is 32.7 Å². The van der Waals surface area contributed by atoms with Crippen molar-refractivity contribution >= 4 is 32.9 Å². The number of anilines is 1. The SMILES string of the molecule is CC(C(N)=S)S(=O)(=O)Nc1ccccc1C(F)(F)F. The zero-order chi connectivity index (χ0) is 14.8. The molecule has 0 spiro atoms. The van der Waals surface area contributed by atoms with Crippen LogP contribution in [0.15, 0.2) is 24.3 Å². The second-order valence-electron chi connectivity index (χ2n) is 3.74. The summed E-state index contributed by atoms with van der Waals surface area (Å²) in [5, 5.41) is -1.27. The van der Waals surface area contributed by atoms with Crippen LogP contribution in [0.3, 0.4) is 0 Å². The lowest BCUT2D eigenvalue weighted by Gasteiger charge is -2.17. The van der Waals surface area contributed by atoms with Crippen molar-refractivity contribution in [2.75, 3.05) is 4.72 Å². The summed E-state index contributed by atoms with van der Waals surface area (Å²) in [7, 11) is -4.11. The lowest BCUT2D eigenvalue weighted by molar-refractivity contribution is -0.136. The molecule has 1 atom stereocenters. The van der Waals surface area contributed by atoms with E-state index in [0.29, 0.717) is 0 Å². The van der Waals surface area contributed by atoms with Crippen LogP contribution in [0.4, 0.5) is 18.9 Å². The first kappa shape index (κ1) is 15.7. The van der Waals surface area contributed by atoms with Crippen molar-refractivity contribution in [2.24, 2.45) is 5.73 Å². The summed E-state index contributed by atoms with van der Waals surface area (Å²) >= 11 is 4.53. The number of hydrogen-bond acceptors (Lipinski definition) is 3. The number of sulfonamides is 1. The Kier molecular flexibility index (Phi) is 4.41. The van der Waals surface area contributed by atoms with Gasteiger partial charge in [0.15, 0.2) is 0 Å². The summed E-state index contributed by atoms with van der Waals surface area (Å²) in [4.78, 5) is -0.322. The molecule has 106 valence electrons. The van der Waals surface area contributed by atoms with Gasteiger partial charge in [-0.3, -0.25) is 4.72 Å². The van der Waals surface area contributed by atoms with E-state index in [1.165, 1.54) is 13.0 Å². The predicted molar refractivity (Wildman–Crippen MR) is 70.2 cm³/mol. The summed E-state index contributed by atoms with van der Waals surface area (Å²) in [6, 6.07) is 4.26. The van der Waals surface area contributed by atoms with Gasteiger partial charge in [0.1, 0.15) is 5.25 Å². The molecule has 0 saturated carbocycles. The highest BCUT2D eigenvalue weighted by Crippen LogP contribution is 2.35. The summed E-state index contributed by atoms with van der Waals surface area (Å²) in [6.45, 7) is 1.20. The van der Waals surface area contributed by atoms with Crippen LogP contribution < -0.4 is 10.5 Å². The minimum absolute atomic E-state index is 0.322. The third kappa shape index (κ3) is 3.80. The van der Waals surface area contributed by atoms with E-state index >= 15 is 0 Å². The summed E-state index contributed by atoms with van der Waals surface area (Å²) in [5.74, 6) is 0. The third-order valence-corrected chi connectivity index (χ3v) is 4.54. The molecule has 0 radical (unpaired) electrons. The van der Waals surface area contributed by atoms with E-state index in [4.69, 9.17) is 5.73 Å². The number of nitrogens with one attached hydrogen (secondary N) is 1. The Balaban J connectivity index is 3.18. The second kappa shape index (κ2) is 5.33. The number of para-hydroxylation sites is 1. The van der Waals surface area contributed by atoms with E-state index in [2.05, 4.69) is 12.2 Å². The van der Waals surface area contributed by atoms with Gasteiger partial charge in [-0.1, -0.05) is 24.4 Å². The van der Waals surface area contributed by atoms with Crippen molar-refractivity contribution in [3.05, 3.63) is 29.8 Å². The molecule has 1 rings (SSSR count). The quantitative estimate of drug-likeness (QED) is 0.835. The van der Waals surface area contributed by atoms with Gasteiger partial charge in [-0.15, -0.1) is 0 Å². The van der Waals surface area contributed by atoms with Crippen molar-refractivity contribution in [1.82, 2.24) is 0 Å². The zero-order valence-corrected chi connectivity index (χ0v) is 11.4. The molecule has 1 aromatic rings. The van der Waals surface area contributed by atoms with Gasteiger partial charge < -0.3 is 5.73 Å². The molecular formula is C10H11F3N2O2S2. The minimum atomic E-state index is -4.66. The summed E-state index contributed by atoms with van der Waals surface area (Å²) in [5.41, 5.74) is 3.56. The van der Waals surface area contributed by atoms with Crippen molar-refractivity contribution in [2.45, 2.75) is 18.3 Å². The molecule has 0 heterocycles. The average Bonchev–Trinajstić information content (AvgIpc) is 2.26. The smallest absolute Gasteiger partial charge is 0.392 e. The second-order valence-corrected chi connectivity index (χ2v) is 6.21. The molecule has 0 amide bonds. The van der Waals surface area contributed by atoms with Gasteiger partial charge in [0, 0.05) is 0 Å². The number of benzene rings is 1. The molecule has 1 aromatic carbocycles. The zero-order valence-electron chi connectivity index (χ0n) is 9.73. The van der Waals surface area contributed by atoms with Crippen LogP contribution in [0, 0.1) is 0 Å². The van der Waals surface area contributed by atoms with Crippen molar-refractivity contribution < 1.29 is 21.6 Å². The monoisotopic (exact) mass is 312 g/mol. The average molecular weight is 312 g/mol. The maximum absolute atomic E-state index is 12.7. The Morgan fingerprint density at radius 2 is 1.89 bits per heavy atom. The molecule has 9 heteroatoms. The Morgan fingerprint density at radius 3 is 2.37 bits per heavy atom. The molecule has 1 unspecified atom stereocenters. The van der Waals surface area contributed by atoms with Gasteiger partial charge in [-0.05, 0) is 19.1 Å². The number of rotatable bonds is 4. The molecule has 0 aliphatic carbocycles. The van der Waals surface area contributed by atoms with Crippen LogP contribution in [0.25, 0.3) is 0 Å². The number of alkyl halides is 3. The van der Waals surface area contributed by atoms with E-state index in [-0.39, 0.29) is 4.99 Å². The van der Waals surface area contributed by atoms with Crippen LogP contribution in [-0.2, 0) is 16.2 Å². The molecule has 0 bridgehead atoms. The Morgan fingerprint density at radius 1 is 1.37 bits per heavy atom. The molecule has 0 saturated heterocycles. The molecule has 3 N–H and O–H groups in total. The van der Waals surface area contributed by atoms with Crippen molar-refractivity contribution in [1.29, 1.82) is 0 Å². The van der Waals surface area contributed by atoms with Gasteiger partial charge in [0.25, 0.3) is 0 Å². The van der Waals surface area contributed by atoms with E-state index in [9.17, 15) is 21.6 Å². The lowest BCUT2D eigenvalue weighted by Crippen LogP contribution is -2.36. The Bertz CT molecular complexity index is 585. The molecular weight excluding hydrogens is 301 g/mol. The molecule has 4 nitrogen and oxygen atoms in total. The van der Waals surface area contributed by atoms with E-state index in [0.717, 1.165) is 18.2 Å². The van der Waals surface area contributed by atoms with Gasteiger partial charge in [0.2, 0.25) is 10.0 Å². The Labute approximate surface area is 113 Å². The van der Waals surface area contributed by atoms with E-state index in [1.807, 2.05) is 4.72 Å². The number of halogens is 3. The standard InChI is InChI=1S/C10H11F3N2O2S2/c1-6(9(14)18)19(16,17)15-8-5-3-2-4-7(8)10(11,12)13/h2-6,15H,1H3,(H2,14,18). The van der Waals surface area contributed by atoms with Crippen LogP contribution in [0.2, 0.25) is 0 Å². The van der Waals surface area contributed by atoms with Crippen LogP contribution >= 0.6 is 12.2 Å². The summed E-state index contributed by atoms with van der Waals surface area (Å²) < 4.78 is 63.5. The fourth-order valence-corrected chi connectivity index (χ4v) is 2.56. The first-order valence-corrected chi connectivity index (χ1v) is 6.98. The van der Waals surface area contributed by atoms with Crippen LogP contribution in [-0.4, -0.2) is 18.7 Å². The highest BCUT2D eigenvalue weighted by molar-refractivity contribution is 7.95. The first-order chi connectivity index (χ1) is 8.55. The molecule has 0 fully saturated rings. The van der Waals surface area contributed by atoms with Gasteiger partial charge >= 0.3 is 6.18 Å². The predicted octanol–water partition coefficient (Wildman–Crippen LogP) is 2.12. The van der Waals surface area contributed by atoms with Gasteiger partial charge in [-0.25, -0.2) is 8.42 Å². The highest BCUT2D eigenvalue weighted by Gasteiger charge is 2.35. The number of thiocarbonyl (C=S) groups is 1. The van der Waals surface area contributed by atoms with Gasteiger partial charge in [-0.2, -0.15) is 13.2 Å². The van der Waals surface area contributed by atoms with Crippen molar-refractivity contribution in [3.63, 3.8) is 0 Å². The number of nitrogens with two attached hydrogens (primary N) is 1. The molecule has 0 aromatic heterocycles. The fraction of sp³-hybridized carbons (Fsp3) is 0.300. The molecule has 0 aliphatic rings. The van der Waals surface area contributed by atoms with Crippen molar-refractivity contribution in [3.8, 4) is 0 Å². The third-order valence-electron chi connectivity index (χ3n) is 2.35. The maximum Gasteiger partial charge on any atom is 0.418 e. The van der Waals surface area contributed by atoms with Crippen LogP contribution in [0.1, 0.15) is 12.5 Å². The largest absolute Gasteiger partial charge is 0.418 e. The highest BCUT2D eigenvalue weighted by atomic mass is 32.2. The Hall–Kier alpha value is -1.35. The molecule has 19 heavy (non-hydrogen) atoms. The number of hydrogen-bond donors (Lipinski definition) is 2. The molecule has 0 aliphatic heterocycles. The minimum Gasteiger partial charge on any atom is -0.392 e. The van der Waals surface area contributed by atoms with Crippen LogP contribution in [0.5, 0.6) is 0 Å². The fourth-order valence-electron chi connectivity index (χ4n) is 1.21. The normalized spacial score (nSPS) is 13.9. The van der Waals surface area contributed by atoms with Gasteiger partial charge in [0.05, 0.1) is 16.2 Å². The maximum atomic E-state index is 12.7. The first-order valence-electron chi connectivity index (χ1n) is 5.03. The summed E-state index contributed by atoms with van der Waals surface area (Å²) in [6.07, 6.45) is -4.66. The lowest BCUT2D eigenvalue weighted by atomic mass is 10.2. The topological polar surface area (TPSA) is 72.2 Å². The van der Waals surface area contributed by atoms with E-state index in [1.54, 1.807) is 0 Å².